The average molecular weight is 226 g/mol. The number of thioether (sulfide) groups is 1. The zero-order chi connectivity index (χ0) is 11.3. The van der Waals surface area contributed by atoms with Crippen LogP contribution in [0.2, 0.25) is 0 Å². The maximum absolute atomic E-state index is 8.95. The van der Waals surface area contributed by atoms with Crippen molar-refractivity contribution in [1.82, 2.24) is 20.2 Å². The number of aromatic nitrogens is 3. The maximum Gasteiger partial charge on any atom is 0.209 e. The van der Waals surface area contributed by atoms with E-state index in [1.165, 1.54) is 25.0 Å². The van der Waals surface area contributed by atoms with Gasteiger partial charge in [0.15, 0.2) is 0 Å². The molecule has 1 aromatic heterocycles. The molecule has 0 amide bonds. The second kappa shape index (κ2) is 5.67. The van der Waals surface area contributed by atoms with Gasteiger partial charge in [-0.05, 0) is 18.8 Å². The summed E-state index contributed by atoms with van der Waals surface area (Å²) in [4.78, 5) is 4.30. The van der Waals surface area contributed by atoms with Crippen LogP contribution >= 0.6 is 11.8 Å². The lowest BCUT2D eigenvalue weighted by atomic mass is 10.3. The van der Waals surface area contributed by atoms with Crippen molar-refractivity contribution in [3.05, 3.63) is 17.6 Å². The molecule has 0 aromatic carbocycles. The van der Waals surface area contributed by atoms with Gasteiger partial charge in [-0.3, -0.25) is 10.3 Å². The van der Waals surface area contributed by atoms with Gasteiger partial charge in [0.25, 0.3) is 0 Å². The van der Waals surface area contributed by atoms with Crippen LogP contribution in [0.1, 0.15) is 18.3 Å². The number of hydrogen-bond donors (Lipinski definition) is 1. The van der Waals surface area contributed by atoms with Gasteiger partial charge in [0.2, 0.25) is 5.16 Å². The minimum atomic E-state index is 0.656. The smallest absolute Gasteiger partial charge is 0.209 e. The molecule has 0 fully saturated rings. The standard InChI is InChI=1S/C9H14N4OS/c1-4-15-9-10-8(5-6-13(3)14)7(2)11-12-9/h5-6,14H,4H2,1-3H3/b6-5+. The number of nitrogens with zero attached hydrogens (tertiary/aromatic N) is 4. The van der Waals surface area contributed by atoms with Crippen molar-refractivity contribution in [2.75, 3.05) is 12.8 Å². The molecule has 0 aliphatic heterocycles. The first-order chi connectivity index (χ1) is 7.13. The fraction of sp³-hybridized carbons (Fsp3) is 0.444. The van der Waals surface area contributed by atoms with E-state index in [2.05, 4.69) is 15.2 Å². The summed E-state index contributed by atoms with van der Waals surface area (Å²) in [5, 5.41) is 18.5. The van der Waals surface area contributed by atoms with Crippen LogP contribution in [-0.2, 0) is 0 Å². The first-order valence-electron chi connectivity index (χ1n) is 4.57. The molecule has 82 valence electrons. The lowest BCUT2D eigenvalue weighted by Crippen LogP contribution is -2.03. The molecular weight excluding hydrogens is 212 g/mol. The van der Waals surface area contributed by atoms with Crippen molar-refractivity contribution >= 4 is 17.8 Å². The van der Waals surface area contributed by atoms with E-state index in [0.29, 0.717) is 5.16 Å². The highest BCUT2D eigenvalue weighted by atomic mass is 32.2. The molecule has 0 saturated heterocycles. The SMILES string of the molecule is CCSc1nnc(C)c(/C=C/N(C)O)n1. The highest BCUT2D eigenvalue weighted by Gasteiger charge is 2.02. The molecule has 0 radical (unpaired) electrons. The minimum Gasteiger partial charge on any atom is -0.289 e. The Balaban J connectivity index is 2.90. The van der Waals surface area contributed by atoms with E-state index >= 15 is 0 Å². The summed E-state index contributed by atoms with van der Waals surface area (Å²) >= 11 is 1.54. The predicted octanol–water partition coefficient (Wildman–Crippen LogP) is 1.58. The molecule has 0 unspecified atom stereocenters. The van der Waals surface area contributed by atoms with Crippen molar-refractivity contribution in [3.63, 3.8) is 0 Å². The quantitative estimate of drug-likeness (QED) is 0.621. The summed E-state index contributed by atoms with van der Waals surface area (Å²) < 4.78 is 0. The third-order valence-corrected chi connectivity index (χ3v) is 2.31. The highest BCUT2D eigenvalue weighted by molar-refractivity contribution is 7.99. The molecule has 0 saturated carbocycles. The molecule has 0 aliphatic rings. The van der Waals surface area contributed by atoms with Crippen molar-refractivity contribution in [2.45, 2.75) is 19.0 Å². The van der Waals surface area contributed by atoms with Gasteiger partial charge in [-0.2, -0.15) is 5.10 Å². The van der Waals surface area contributed by atoms with Gasteiger partial charge in [0.1, 0.15) is 0 Å². The van der Waals surface area contributed by atoms with E-state index in [9.17, 15) is 0 Å². The highest BCUT2D eigenvalue weighted by Crippen LogP contribution is 2.13. The van der Waals surface area contributed by atoms with Gasteiger partial charge >= 0.3 is 0 Å². The second-order valence-corrected chi connectivity index (χ2v) is 4.12. The Morgan fingerprint density at radius 2 is 2.20 bits per heavy atom. The van der Waals surface area contributed by atoms with Crippen LogP contribution < -0.4 is 0 Å². The van der Waals surface area contributed by atoms with Gasteiger partial charge in [0.05, 0.1) is 11.4 Å². The summed E-state index contributed by atoms with van der Waals surface area (Å²) in [6.45, 7) is 3.86. The summed E-state index contributed by atoms with van der Waals surface area (Å²) in [5.41, 5.74) is 1.47. The molecule has 5 nitrogen and oxygen atoms in total. The van der Waals surface area contributed by atoms with Crippen LogP contribution in [0.5, 0.6) is 0 Å². The third-order valence-electron chi connectivity index (χ3n) is 1.59. The molecule has 1 heterocycles. The summed E-state index contributed by atoms with van der Waals surface area (Å²) in [7, 11) is 1.53. The molecule has 15 heavy (non-hydrogen) atoms. The van der Waals surface area contributed by atoms with Gasteiger partial charge in [0, 0.05) is 13.2 Å². The largest absolute Gasteiger partial charge is 0.289 e. The van der Waals surface area contributed by atoms with E-state index < -0.39 is 0 Å². The Kier molecular flexibility index (Phi) is 4.51. The molecule has 0 aliphatic carbocycles. The zero-order valence-corrected chi connectivity index (χ0v) is 9.82. The van der Waals surface area contributed by atoms with Crippen LogP contribution in [0.15, 0.2) is 11.4 Å². The van der Waals surface area contributed by atoms with E-state index in [0.717, 1.165) is 22.2 Å². The molecule has 0 spiro atoms. The molecule has 0 atom stereocenters. The summed E-state index contributed by atoms with van der Waals surface area (Å²) in [6.07, 6.45) is 3.21. The van der Waals surface area contributed by atoms with Crippen LogP contribution in [0, 0.1) is 6.92 Å². The van der Waals surface area contributed by atoms with Crippen molar-refractivity contribution < 1.29 is 5.21 Å². The normalized spacial score (nSPS) is 10.9. The van der Waals surface area contributed by atoms with Gasteiger partial charge in [-0.1, -0.05) is 18.7 Å². The molecule has 1 rings (SSSR count). The molecular formula is C9H14N4OS. The third kappa shape index (κ3) is 3.85. The first kappa shape index (κ1) is 11.9. The fourth-order valence-electron chi connectivity index (χ4n) is 0.902. The van der Waals surface area contributed by atoms with Crippen LogP contribution in [-0.4, -0.2) is 38.3 Å². The maximum atomic E-state index is 8.95. The number of aryl methyl sites for hydroxylation is 1. The average Bonchev–Trinajstić information content (AvgIpc) is 2.19. The fourth-order valence-corrected chi connectivity index (χ4v) is 1.42. The summed E-state index contributed by atoms with van der Waals surface area (Å²) in [5.74, 6) is 0.911. The van der Waals surface area contributed by atoms with Gasteiger partial charge in [-0.25, -0.2) is 4.98 Å². The van der Waals surface area contributed by atoms with Crippen LogP contribution in [0.25, 0.3) is 6.08 Å². The lowest BCUT2D eigenvalue weighted by molar-refractivity contribution is -0.0118. The molecule has 0 bridgehead atoms. The lowest BCUT2D eigenvalue weighted by Gasteiger charge is -2.03. The van der Waals surface area contributed by atoms with Crippen LogP contribution in [0.4, 0.5) is 0 Å². The monoisotopic (exact) mass is 226 g/mol. The van der Waals surface area contributed by atoms with E-state index in [4.69, 9.17) is 5.21 Å². The summed E-state index contributed by atoms with van der Waals surface area (Å²) in [6, 6.07) is 0. The predicted molar refractivity (Wildman–Crippen MR) is 59.5 cm³/mol. The Hall–Kier alpha value is -1.14. The topological polar surface area (TPSA) is 62.1 Å². The van der Waals surface area contributed by atoms with Crippen molar-refractivity contribution in [3.8, 4) is 0 Å². The van der Waals surface area contributed by atoms with Gasteiger partial charge < -0.3 is 0 Å². The minimum absolute atomic E-state index is 0.656. The van der Waals surface area contributed by atoms with Gasteiger partial charge in [-0.15, -0.1) is 5.10 Å². The van der Waals surface area contributed by atoms with E-state index in [1.54, 1.807) is 6.08 Å². The number of rotatable bonds is 4. The van der Waals surface area contributed by atoms with E-state index in [-0.39, 0.29) is 0 Å². The molecule has 6 heteroatoms. The van der Waals surface area contributed by atoms with Crippen molar-refractivity contribution in [1.29, 1.82) is 0 Å². The molecule has 1 N–H and O–H groups in total. The number of hydrogen-bond acceptors (Lipinski definition) is 6. The Labute approximate surface area is 93.2 Å². The zero-order valence-electron chi connectivity index (χ0n) is 9.01. The second-order valence-electron chi connectivity index (χ2n) is 2.89. The van der Waals surface area contributed by atoms with Crippen LogP contribution in [0.3, 0.4) is 0 Å². The number of hydroxylamine groups is 2. The molecule has 1 aromatic rings. The van der Waals surface area contributed by atoms with E-state index in [1.807, 2.05) is 13.8 Å². The van der Waals surface area contributed by atoms with Crippen molar-refractivity contribution in [2.24, 2.45) is 0 Å². The Bertz CT molecular complexity index is 354. The Morgan fingerprint density at radius 1 is 1.47 bits per heavy atom. The Morgan fingerprint density at radius 3 is 2.80 bits per heavy atom. The first-order valence-corrected chi connectivity index (χ1v) is 5.56.